The van der Waals surface area contributed by atoms with Crippen LogP contribution in [0.25, 0.3) is 0 Å². The molecule has 0 bridgehead atoms. The zero-order valence-corrected chi connectivity index (χ0v) is 11.4. The lowest BCUT2D eigenvalue weighted by molar-refractivity contribution is 0.0172. The van der Waals surface area contributed by atoms with Crippen LogP contribution in [0.15, 0.2) is 0 Å². The molecule has 2 saturated carbocycles. The molecule has 1 heterocycles. The van der Waals surface area contributed by atoms with E-state index in [1.165, 1.54) is 77.3 Å². The Morgan fingerprint density at radius 2 is 1.12 bits per heavy atom. The van der Waals surface area contributed by atoms with E-state index < -0.39 is 0 Å². The lowest BCUT2D eigenvalue weighted by Gasteiger charge is -2.55. The molecule has 3 rings (SSSR count). The molecule has 17 heavy (non-hydrogen) atoms. The minimum atomic E-state index is 0.475. The van der Waals surface area contributed by atoms with Gasteiger partial charge in [-0.15, -0.1) is 0 Å². The van der Waals surface area contributed by atoms with Gasteiger partial charge in [0.15, 0.2) is 0 Å². The molecule has 2 aliphatic carbocycles. The Balaban J connectivity index is 1.77. The van der Waals surface area contributed by atoms with Gasteiger partial charge in [0.1, 0.15) is 0 Å². The quantitative estimate of drug-likeness (QED) is 0.695. The Bertz CT molecular complexity index is 236. The molecule has 3 aliphatic rings. The fraction of sp³-hybridized carbons (Fsp3) is 1.00. The molecular formula is C15H28N2. The molecule has 1 saturated heterocycles. The Morgan fingerprint density at radius 1 is 0.706 bits per heavy atom. The van der Waals surface area contributed by atoms with E-state index in [-0.39, 0.29) is 0 Å². The molecule has 2 spiro atoms. The van der Waals surface area contributed by atoms with E-state index in [0.717, 1.165) is 0 Å². The monoisotopic (exact) mass is 236 g/mol. The number of rotatable bonds is 0. The third-order valence-electron chi connectivity index (χ3n) is 5.30. The summed E-state index contributed by atoms with van der Waals surface area (Å²) in [5.41, 5.74) is 0.950. The van der Waals surface area contributed by atoms with E-state index in [9.17, 15) is 0 Å². The van der Waals surface area contributed by atoms with Crippen LogP contribution in [0.3, 0.4) is 0 Å². The highest BCUT2D eigenvalue weighted by molar-refractivity contribution is 5.07. The van der Waals surface area contributed by atoms with Crippen molar-refractivity contribution in [3.05, 3.63) is 0 Å². The van der Waals surface area contributed by atoms with Crippen molar-refractivity contribution in [3.8, 4) is 0 Å². The van der Waals surface area contributed by atoms with Crippen LogP contribution in [0.4, 0.5) is 0 Å². The summed E-state index contributed by atoms with van der Waals surface area (Å²) in [6.07, 6.45) is 14.3. The topological polar surface area (TPSA) is 15.3 Å². The van der Waals surface area contributed by atoms with Gasteiger partial charge in [0, 0.05) is 24.2 Å². The van der Waals surface area contributed by atoms with Crippen LogP contribution in [0.5, 0.6) is 0 Å². The lowest BCUT2D eigenvalue weighted by atomic mass is 9.72. The molecule has 2 nitrogen and oxygen atoms in total. The maximum absolute atomic E-state index is 4.17. The van der Waals surface area contributed by atoms with E-state index in [1.807, 2.05) is 0 Å². The van der Waals surface area contributed by atoms with Gasteiger partial charge in [0.25, 0.3) is 0 Å². The second-order valence-corrected chi connectivity index (χ2v) is 6.98. The summed E-state index contributed by atoms with van der Waals surface area (Å²) < 4.78 is 0. The van der Waals surface area contributed by atoms with Gasteiger partial charge in [0.2, 0.25) is 0 Å². The van der Waals surface area contributed by atoms with Crippen molar-refractivity contribution < 1.29 is 0 Å². The zero-order chi connectivity index (χ0) is 11.8. The van der Waals surface area contributed by atoms with E-state index in [4.69, 9.17) is 0 Å². The van der Waals surface area contributed by atoms with Crippen LogP contribution in [0.1, 0.15) is 64.2 Å². The molecule has 1 aliphatic heterocycles. The van der Waals surface area contributed by atoms with Gasteiger partial charge in [-0.05, 0) is 32.7 Å². The van der Waals surface area contributed by atoms with Crippen LogP contribution < -0.4 is 5.32 Å². The van der Waals surface area contributed by atoms with Gasteiger partial charge in [-0.3, -0.25) is 0 Å². The zero-order valence-electron chi connectivity index (χ0n) is 11.4. The predicted octanol–water partition coefficient (Wildman–Crippen LogP) is 2.93. The van der Waals surface area contributed by atoms with Crippen molar-refractivity contribution in [1.29, 1.82) is 0 Å². The largest absolute Gasteiger partial charge is 0.303 e. The SMILES string of the molecule is CN1CC2(CCCCC2)NC2(CCCCC2)C1. The first kappa shape index (κ1) is 12.0. The maximum atomic E-state index is 4.17. The Kier molecular flexibility index (Phi) is 3.20. The highest BCUT2D eigenvalue weighted by atomic mass is 15.3. The van der Waals surface area contributed by atoms with E-state index in [1.54, 1.807) is 0 Å². The van der Waals surface area contributed by atoms with Crippen molar-refractivity contribution in [2.75, 3.05) is 20.1 Å². The lowest BCUT2D eigenvalue weighted by Crippen LogP contribution is -2.71. The smallest absolute Gasteiger partial charge is 0.0314 e. The van der Waals surface area contributed by atoms with E-state index >= 15 is 0 Å². The number of nitrogens with zero attached hydrogens (tertiary/aromatic N) is 1. The normalized spacial score (nSPS) is 33.0. The van der Waals surface area contributed by atoms with Gasteiger partial charge >= 0.3 is 0 Å². The second kappa shape index (κ2) is 4.55. The van der Waals surface area contributed by atoms with Gasteiger partial charge in [-0.1, -0.05) is 38.5 Å². The number of likely N-dealkylation sites (N-methyl/N-ethyl adjacent to an activating group) is 1. The number of piperazine rings is 1. The molecule has 3 fully saturated rings. The molecule has 0 radical (unpaired) electrons. The van der Waals surface area contributed by atoms with Crippen molar-refractivity contribution in [1.82, 2.24) is 10.2 Å². The molecule has 0 amide bonds. The molecule has 0 aromatic carbocycles. The standard InChI is InChI=1S/C15H28N2/c1-17-12-14(8-4-2-5-9-14)16-15(13-17)10-6-3-7-11-15/h16H,2-13H2,1H3. The van der Waals surface area contributed by atoms with Gasteiger partial charge in [0.05, 0.1) is 0 Å². The second-order valence-electron chi connectivity index (χ2n) is 6.98. The molecule has 0 unspecified atom stereocenters. The van der Waals surface area contributed by atoms with Gasteiger partial charge in [-0.25, -0.2) is 0 Å². The highest BCUT2D eigenvalue weighted by Gasteiger charge is 2.46. The van der Waals surface area contributed by atoms with Crippen LogP contribution >= 0.6 is 0 Å². The third-order valence-corrected chi connectivity index (χ3v) is 5.30. The molecule has 0 aromatic heterocycles. The van der Waals surface area contributed by atoms with Gasteiger partial charge in [-0.2, -0.15) is 0 Å². The summed E-state index contributed by atoms with van der Waals surface area (Å²) in [5.74, 6) is 0. The molecular weight excluding hydrogens is 208 g/mol. The molecule has 1 N–H and O–H groups in total. The molecule has 0 aromatic rings. The summed E-state index contributed by atoms with van der Waals surface area (Å²) >= 11 is 0. The van der Waals surface area contributed by atoms with Crippen LogP contribution in [0.2, 0.25) is 0 Å². The average molecular weight is 236 g/mol. The fourth-order valence-corrected chi connectivity index (χ4v) is 4.75. The summed E-state index contributed by atoms with van der Waals surface area (Å²) in [5, 5.41) is 4.17. The Hall–Kier alpha value is -0.0800. The van der Waals surface area contributed by atoms with Gasteiger partial charge < -0.3 is 10.2 Å². The minimum absolute atomic E-state index is 0.475. The first-order chi connectivity index (χ1) is 8.22. The average Bonchev–Trinajstić information content (AvgIpc) is 2.29. The van der Waals surface area contributed by atoms with Crippen LogP contribution in [-0.4, -0.2) is 36.1 Å². The molecule has 0 atom stereocenters. The summed E-state index contributed by atoms with van der Waals surface area (Å²) in [4.78, 5) is 2.62. The first-order valence-electron chi connectivity index (χ1n) is 7.70. The summed E-state index contributed by atoms with van der Waals surface area (Å²) in [6.45, 7) is 2.57. The Labute approximate surface area is 106 Å². The number of nitrogens with one attached hydrogen (secondary N) is 1. The van der Waals surface area contributed by atoms with Crippen molar-refractivity contribution in [3.63, 3.8) is 0 Å². The number of hydrogen-bond acceptors (Lipinski definition) is 2. The van der Waals surface area contributed by atoms with E-state index in [2.05, 4.69) is 17.3 Å². The van der Waals surface area contributed by atoms with Crippen LogP contribution in [0, 0.1) is 0 Å². The summed E-state index contributed by atoms with van der Waals surface area (Å²) in [6, 6.07) is 0. The summed E-state index contributed by atoms with van der Waals surface area (Å²) in [7, 11) is 2.34. The number of hydrogen-bond donors (Lipinski definition) is 1. The van der Waals surface area contributed by atoms with E-state index in [0.29, 0.717) is 11.1 Å². The molecule has 2 heteroatoms. The van der Waals surface area contributed by atoms with Crippen molar-refractivity contribution >= 4 is 0 Å². The molecule has 98 valence electrons. The maximum Gasteiger partial charge on any atom is 0.0314 e. The van der Waals surface area contributed by atoms with Crippen LogP contribution in [-0.2, 0) is 0 Å². The minimum Gasteiger partial charge on any atom is -0.303 e. The predicted molar refractivity (Wildman–Crippen MR) is 72.3 cm³/mol. The fourth-order valence-electron chi connectivity index (χ4n) is 4.75. The van der Waals surface area contributed by atoms with Crippen molar-refractivity contribution in [2.24, 2.45) is 0 Å². The highest BCUT2D eigenvalue weighted by Crippen LogP contribution is 2.39. The first-order valence-corrected chi connectivity index (χ1v) is 7.70. The van der Waals surface area contributed by atoms with Crippen molar-refractivity contribution in [2.45, 2.75) is 75.3 Å². The Morgan fingerprint density at radius 3 is 1.53 bits per heavy atom. The third kappa shape index (κ3) is 2.39.